The van der Waals surface area contributed by atoms with Gasteiger partial charge in [0.15, 0.2) is 0 Å². The van der Waals surface area contributed by atoms with E-state index in [2.05, 4.69) is 11.4 Å². The molecule has 0 saturated carbocycles. The van der Waals surface area contributed by atoms with E-state index >= 15 is 0 Å². The van der Waals surface area contributed by atoms with E-state index in [1.807, 2.05) is 37.0 Å². The summed E-state index contributed by atoms with van der Waals surface area (Å²) in [5.41, 5.74) is 1.09. The lowest BCUT2D eigenvalue weighted by Gasteiger charge is -2.34. The minimum atomic E-state index is -0.429. The number of aryl methyl sites for hydroxylation is 2. The summed E-state index contributed by atoms with van der Waals surface area (Å²) in [4.78, 5) is 17.0. The van der Waals surface area contributed by atoms with Crippen LogP contribution in [0.4, 0.5) is 4.79 Å². The van der Waals surface area contributed by atoms with Gasteiger partial charge in [0, 0.05) is 29.4 Å². The molecule has 1 saturated heterocycles. The van der Waals surface area contributed by atoms with Crippen LogP contribution in [0.2, 0.25) is 0 Å². The van der Waals surface area contributed by atoms with Gasteiger partial charge in [0.2, 0.25) is 0 Å². The molecule has 0 radical (unpaired) electrons. The SMILES string of the molecule is CC(C)(C)OC(=O)N1CCNC(c2cc3c(s2)CCC3)C1. The molecule has 5 heteroatoms. The summed E-state index contributed by atoms with van der Waals surface area (Å²) >= 11 is 1.91. The summed E-state index contributed by atoms with van der Waals surface area (Å²) in [5.74, 6) is 0. The van der Waals surface area contributed by atoms with Crippen molar-refractivity contribution in [3.05, 3.63) is 21.4 Å². The normalized spacial score (nSPS) is 22.2. The van der Waals surface area contributed by atoms with Gasteiger partial charge in [0.25, 0.3) is 0 Å². The third kappa shape index (κ3) is 3.40. The molecule has 1 unspecified atom stereocenters. The van der Waals surface area contributed by atoms with Crippen LogP contribution in [-0.4, -0.2) is 36.2 Å². The van der Waals surface area contributed by atoms with Crippen LogP contribution in [0.15, 0.2) is 6.07 Å². The van der Waals surface area contributed by atoms with Crippen LogP contribution in [0.3, 0.4) is 0 Å². The van der Waals surface area contributed by atoms with Gasteiger partial charge in [-0.3, -0.25) is 0 Å². The van der Waals surface area contributed by atoms with Gasteiger partial charge in [-0.15, -0.1) is 11.3 Å². The number of nitrogens with one attached hydrogen (secondary N) is 1. The highest BCUT2D eigenvalue weighted by Crippen LogP contribution is 2.34. The molecule has 3 rings (SSSR count). The van der Waals surface area contributed by atoms with Crippen molar-refractivity contribution < 1.29 is 9.53 Å². The largest absolute Gasteiger partial charge is 0.444 e. The number of thiophene rings is 1. The summed E-state index contributed by atoms with van der Waals surface area (Å²) in [6, 6.07) is 2.59. The third-order valence-corrected chi connectivity index (χ3v) is 5.29. The molecular formula is C16H24N2O2S. The molecule has 2 heterocycles. The highest BCUT2D eigenvalue weighted by atomic mass is 32.1. The van der Waals surface area contributed by atoms with E-state index in [1.54, 1.807) is 4.88 Å². The molecule has 0 spiro atoms. The maximum Gasteiger partial charge on any atom is 0.410 e. The molecule has 21 heavy (non-hydrogen) atoms. The second kappa shape index (κ2) is 5.61. The Labute approximate surface area is 130 Å². The van der Waals surface area contributed by atoms with Gasteiger partial charge >= 0.3 is 6.09 Å². The Hall–Kier alpha value is -1.07. The van der Waals surface area contributed by atoms with Crippen molar-refractivity contribution in [2.75, 3.05) is 19.6 Å². The first-order valence-electron chi connectivity index (χ1n) is 7.75. The van der Waals surface area contributed by atoms with Crippen LogP contribution in [0, 0.1) is 0 Å². The zero-order valence-electron chi connectivity index (χ0n) is 13.1. The third-order valence-electron chi connectivity index (χ3n) is 3.94. The highest BCUT2D eigenvalue weighted by molar-refractivity contribution is 7.12. The van der Waals surface area contributed by atoms with Crippen LogP contribution in [0.25, 0.3) is 0 Å². The number of amides is 1. The standard InChI is InChI=1S/C16H24N2O2S/c1-16(2,3)20-15(19)18-8-7-17-12(10-18)14-9-11-5-4-6-13(11)21-14/h9,12,17H,4-8,10H2,1-3H3. The van der Waals surface area contributed by atoms with E-state index in [9.17, 15) is 4.79 Å². The fraction of sp³-hybridized carbons (Fsp3) is 0.688. The molecule has 1 atom stereocenters. The van der Waals surface area contributed by atoms with Gasteiger partial charge in [-0.2, -0.15) is 0 Å². The van der Waals surface area contributed by atoms with Gasteiger partial charge < -0.3 is 15.0 Å². The van der Waals surface area contributed by atoms with E-state index in [0.717, 1.165) is 13.1 Å². The van der Waals surface area contributed by atoms with E-state index in [1.165, 1.54) is 29.7 Å². The minimum absolute atomic E-state index is 0.196. The first kappa shape index (κ1) is 14.9. The predicted molar refractivity (Wildman–Crippen MR) is 84.9 cm³/mol. The lowest BCUT2D eigenvalue weighted by atomic mass is 10.1. The molecule has 1 N–H and O–H groups in total. The minimum Gasteiger partial charge on any atom is -0.444 e. The number of hydrogen-bond donors (Lipinski definition) is 1. The van der Waals surface area contributed by atoms with Gasteiger partial charge in [0.05, 0.1) is 6.04 Å². The van der Waals surface area contributed by atoms with Crippen LogP contribution in [0.1, 0.15) is 48.6 Å². The molecule has 1 fully saturated rings. The van der Waals surface area contributed by atoms with Crippen LogP contribution < -0.4 is 5.32 Å². The molecule has 1 aliphatic heterocycles. The molecule has 1 aromatic heterocycles. The summed E-state index contributed by atoms with van der Waals surface area (Å²) in [6.07, 6.45) is 3.54. The Morgan fingerprint density at radius 3 is 2.95 bits per heavy atom. The van der Waals surface area contributed by atoms with E-state index in [0.29, 0.717) is 6.54 Å². The van der Waals surface area contributed by atoms with Crippen molar-refractivity contribution in [1.29, 1.82) is 0 Å². The molecule has 0 aromatic carbocycles. The van der Waals surface area contributed by atoms with Crippen molar-refractivity contribution in [2.24, 2.45) is 0 Å². The summed E-state index contributed by atoms with van der Waals surface area (Å²) in [5, 5.41) is 3.53. The number of ether oxygens (including phenoxy) is 1. The van der Waals surface area contributed by atoms with Gasteiger partial charge in [-0.05, 0) is 51.7 Å². The average molecular weight is 308 g/mol. The quantitative estimate of drug-likeness (QED) is 0.866. The van der Waals surface area contributed by atoms with Crippen molar-refractivity contribution in [3.63, 3.8) is 0 Å². The molecule has 2 aliphatic rings. The fourth-order valence-corrected chi connectivity index (χ4v) is 4.28. The summed E-state index contributed by atoms with van der Waals surface area (Å²) in [6.45, 7) is 7.98. The second-order valence-corrected chi connectivity index (χ2v) is 8.05. The molecule has 116 valence electrons. The predicted octanol–water partition coefficient (Wildman–Crippen LogP) is 3.12. The number of carbonyl (C=O) groups excluding carboxylic acids is 1. The summed E-state index contributed by atoms with van der Waals surface area (Å²) in [7, 11) is 0. The molecule has 1 amide bonds. The Kier molecular flexibility index (Phi) is 3.97. The first-order chi connectivity index (χ1) is 9.92. The zero-order chi connectivity index (χ0) is 15.0. The maximum atomic E-state index is 12.2. The monoisotopic (exact) mass is 308 g/mol. The first-order valence-corrected chi connectivity index (χ1v) is 8.57. The maximum absolute atomic E-state index is 12.2. The smallest absolute Gasteiger partial charge is 0.410 e. The van der Waals surface area contributed by atoms with Gasteiger partial charge in [-0.25, -0.2) is 4.79 Å². The number of piperazine rings is 1. The van der Waals surface area contributed by atoms with E-state index < -0.39 is 5.60 Å². The topological polar surface area (TPSA) is 41.6 Å². The average Bonchev–Trinajstić information content (AvgIpc) is 2.97. The number of rotatable bonds is 1. The van der Waals surface area contributed by atoms with E-state index in [4.69, 9.17) is 4.74 Å². The van der Waals surface area contributed by atoms with Crippen molar-refractivity contribution in [2.45, 2.75) is 51.7 Å². The summed E-state index contributed by atoms with van der Waals surface area (Å²) < 4.78 is 5.49. The Morgan fingerprint density at radius 1 is 1.43 bits per heavy atom. The van der Waals surface area contributed by atoms with Gasteiger partial charge in [-0.1, -0.05) is 0 Å². The van der Waals surface area contributed by atoms with Crippen molar-refractivity contribution in [3.8, 4) is 0 Å². The lowest BCUT2D eigenvalue weighted by molar-refractivity contribution is 0.0196. The molecule has 1 aliphatic carbocycles. The van der Waals surface area contributed by atoms with Crippen molar-refractivity contribution >= 4 is 17.4 Å². The fourth-order valence-electron chi connectivity index (χ4n) is 2.96. The van der Waals surface area contributed by atoms with Crippen LogP contribution in [-0.2, 0) is 17.6 Å². The highest BCUT2D eigenvalue weighted by Gasteiger charge is 2.29. The van der Waals surface area contributed by atoms with Crippen LogP contribution in [0.5, 0.6) is 0 Å². The Balaban J connectivity index is 1.66. The second-order valence-electron chi connectivity index (χ2n) is 6.88. The number of nitrogens with zero attached hydrogens (tertiary/aromatic N) is 1. The Morgan fingerprint density at radius 2 is 2.24 bits per heavy atom. The molecular weight excluding hydrogens is 284 g/mol. The molecule has 1 aromatic rings. The Bertz CT molecular complexity index is 511. The molecule has 4 nitrogen and oxygen atoms in total. The van der Waals surface area contributed by atoms with Crippen LogP contribution >= 0.6 is 11.3 Å². The van der Waals surface area contributed by atoms with E-state index in [-0.39, 0.29) is 12.1 Å². The molecule has 0 bridgehead atoms. The zero-order valence-corrected chi connectivity index (χ0v) is 13.9. The van der Waals surface area contributed by atoms with Crippen molar-refractivity contribution in [1.82, 2.24) is 10.2 Å². The number of fused-ring (bicyclic) bond motifs is 1. The van der Waals surface area contributed by atoms with Gasteiger partial charge in [0.1, 0.15) is 5.60 Å². The number of carbonyl (C=O) groups is 1. The number of hydrogen-bond acceptors (Lipinski definition) is 4. The lowest BCUT2D eigenvalue weighted by Crippen LogP contribution is -2.49.